The summed E-state index contributed by atoms with van der Waals surface area (Å²) in [4.78, 5) is 67.1. The number of rotatable bonds is 9. The summed E-state index contributed by atoms with van der Waals surface area (Å²) in [6, 6.07) is 2.80. The van der Waals surface area contributed by atoms with Crippen LogP contribution in [0.2, 0.25) is 0 Å². The Morgan fingerprint density at radius 1 is 1.23 bits per heavy atom. The van der Waals surface area contributed by atoms with Crippen molar-refractivity contribution in [3.8, 4) is 0 Å². The molecule has 5 heterocycles. The predicted octanol–water partition coefficient (Wildman–Crippen LogP) is 2.76. The van der Waals surface area contributed by atoms with Crippen molar-refractivity contribution < 1.29 is 29.1 Å². The van der Waals surface area contributed by atoms with Crippen LogP contribution in [0, 0.1) is 6.92 Å². The zero-order valence-corrected chi connectivity index (χ0v) is 24.6. The van der Waals surface area contributed by atoms with Gasteiger partial charge in [0.25, 0.3) is 11.8 Å². The van der Waals surface area contributed by atoms with Crippen LogP contribution in [0.5, 0.6) is 0 Å². The number of aliphatic carboxylic acids is 1. The van der Waals surface area contributed by atoms with Gasteiger partial charge in [-0.2, -0.15) is 0 Å². The van der Waals surface area contributed by atoms with Gasteiger partial charge in [0.05, 0.1) is 4.88 Å². The molecule has 0 aliphatic carbocycles. The number of aromatic nitrogens is 2. The van der Waals surface area contributed by atoms with Crippen molar-refractivity contribution in [3.63, 3.8) is 0 Å². The number of hydrogen-bond donors (Lipinski definition) is 3. The molecule has 5 amide bonds. The first-order valence-corrected chi connectivity index (χ1v) is 16.1. The minimum Gasteiger partial charge on any atom is -0.477 e. The molecule has 4 N–H and O–H groups in total. The average molecular weight is 637 g/mol. The number of carbonyl (C=O) groups excluding carboxylic acids is 4. The van der Waals surface area contributed by atoms with Crippen molar-refractivity contribution in [3.05, 3.63) is 61.1 Å². The molecule has 12 nitrogen and oxygen atoms in total. The molecule has 1 saturated heterocycles. The van der Waals surface area contributed by atoms with Gasteiger partial charge in [-0.05, 0) is 35.4 Å². The third-order valence-electron chi connectivity index (χ3n) is 5.93. The summed E-state index contributed by atoms with van der Waals surface area (Å²) in [6.45, 7) is 1.82. The molecule has 3 aromatic heterocycles. The van der Waals surface area contributed by atoms with Gasteiger partial charge >= 0.3 is 12.0 Å². The molecule has 5 rings (SSSR count). The predicted molar refractivity (Wildman–Crippen MR) is 152 cm³/mol. The van der Waals surface area contributed by atoms with Gasteiger partial charge in [0.15, 0.2) is 10.4 Å². The van der Waals surface area contributed by atoms with Gasteiger partial charge in [0.1, 0.15) is 22.1 Å². The highest BCUT2D eigenvalue weighted by Crippen LogP contribution is 2.42. The number of urea groups is 1. The third-order valence-corrected chi connectivity index (χ3v) is 11.1. The quantitative estimate of drug-likeness (QED) is 0.234. The third kappa shape index (κ3) is 5.38. The van der Waals surface area contributed by atoms with E-state index in [1.807, 2.05) is 6.92 Å². The summed E-state index contributed by atoms with van der Waals surface area (Å²) in [5, 5.41) is 24.0. The number of hydrogen-bond acceptors (Lipinski definition) is 12. The molecular formula is C23H20N6O6S5. The second kappa shape index (κ2) is 11.7. The number of nitrogens with one attached hydrogen (secondary N) is 1. The van der Waals surface area contributed by atoms with Gasteiger partial charge in [-0.1, -0.05) is 35.2 Å². The number of nitrogens with two attached hydrogens (primary N) is 1. The normalized spacial score (nSPS) is 19.0. The molecule has 1 fully saturated rings. The molecule has 3 atom stereocenters. The summed E-state index contributed by atoms with van der Waals surface area (Å²) in [5.74, 6) is -2.73. The topological polar surface area (TPSA) is 176 Å². The number of carboxylic acid groups (broad SMARTS) is 1. The molecule has 208 valence electrons. The first-order valence-electron chi connectivity index (χ1n) is 11.5. The Labute approximate surface area is 247 Å². The van der Waals surface area contributed by atoms with E-state index in [1.54, 1.807) is 29.0 Å². The first kappa shape index (κ1) is 28.3. The molecule has 0 bridgehead atoms. The van der Waals surface area contributed by atoms with Crippen LogP contribution in [0.4, 0.5) is 4.79 Å². The number of thioether (sulfide) groups is 2. The Hall–Kier alpha value is -3.25. The molecule has 2 unspecified atom stereocenters. The van der Waals surface area contributed by atoms with Crippen LogP contribution in [0.15, 0.2) is 50.6 Å². The van der Waals surface area contributed by atoms with E-state index in [2.05, 4.69) is 15.5 Å². The molecule has 3 aromatic rings. The molecule has 0 radical (unpaired) electrons. The fraction of sp³-hybridized carbons (Fsp3) is 0.261. The fourth-order valence-corrected chi connectivity index (χ4v) is 8.97. The van der Waals surface area contributed by atoms with Gasteiger partial charge in [-0.15, -0.1) is 44.6 Å². The first-order chi connectivity index (χ1) is 19.2. The van der Waals surface area contributed by atoms with E-state index >= 15 is 0 Å². The number of primary amides is 1. The van der Waals surface area contributed by atoms with Crippen LogP contribution in [0.3, 0.4) is 0 Å². The van der Waals surface area contributed by atoms with Crippen LogP contribution in [0.1, 0.15) is 25.6 Å². The van der Waals surface area contributed by atoms with Gasteiger partial charge in [-0.3, -0.25) is 19.3 Å². The Kier molecular flexibility index (Phi) is 8.27. The molecule has 0 spiro atoms. The molecular weight excluding hydrogens is 617 g/mol. The van der Waals surface area contributed by atoms with E-state index in [-0.39, 0.29) is 10.6 Å². The van der Waals surface area contributed by atoms with Crippen molar-refractivity contribution in [2.24, 2.45) is 5.73 Å². The number of nitrogens with zero attached hydrogens (tertiary/aromatic N) is 4. The number of amides is 5. The number of carbonyl (C=O) groups is 5. The Balaban J connectivity index is 1.36. The van der Waals surface area contributed by atoms with Gasteiger partial charge in [0.2, 0.25) is 5.91 Å². The van der Waals surface area contributed by atoms with Gasteiger partial charge in [0, 0.05) is 16.4 Å². The Morgan fingerprint density at radius 2 is 1.98 bits per heavy atom. The number of thiophene rings is 2. The van der Waals surface area contributed by atoms with E-state index in [4.69, 9.17) is 5.73 Å². The maximum absolute atomic E-state index is 13.6. The fourth-order valence-electron chi connectivity index (χ4n) is 4.20. The van der Waals surface area contributed by atoms with Gasteiger partial charge < -0.3 is 16.2 Å². The zero-order chi connectivity index (χ0) is 28.6. The van der Waals surface area contributed by atoms with Crippen molar-refractivity contribution in [2.75, 3.05) is 11.5 Å². The lowest BCUT2D eigenvalue weighted by Gasteiger charge is -2.49. The number of imide groups is 1. The monoisotopic (exact) mass is 636 g/mol. The van der Waals surface area contributed by atoms with Gasteiger partial charge in [-0.25, -0.2) is 14.5 Å². The standard InChI is InChI=1S/C23H20N6O6S5/c1-10-26-27-23(40-10)39-9-11-8-38-20-14(19(32)28(20)15(11)21(33)34)25-17(30)16(12-4-2-6-36-12)29(22(24)35)18(31)13-5-3-7-37-13/h2-7,14,16,20H,8-9H2,1H3,(H2,24,35)(H,25,30)(H,33,34)/t14?,16?,20-/m0/s1. The largest absolute Gasteiger partial charge is 0.477 e. The highest BCUT2D eigenvalue weighted by atomic mass is 32.2. The Morgan fingerprint density at radius 3 is 2.58 bits per heavy atom. The average Bonchev–Trinajstić information content (AvgIpc) is 3.71. The molecule has 2 aliphatic rings. The summed E-state index contributed by atoms with van der Waals surface area (Å²) < 4.78 is 0.692. The lowest BCUT2D eigenvalue weighted by atomic mass is 10.0. The minimum absolute atomic E-state index is 0.116. The van der Waals surface area contributed by atoms with E-state index in [0.717, 1.165) is 27.7 Å². The number of β-lactam (4-membered cyclic amide) rings is 1. The number of carboxylic acids is 1. The van der Waals surface area contributed by atoms with Crippen LogP contribution in [-0.2, 0) is 14.4 Å². The number of fused-ring (bicyclic) bond motifs is 1. The van der Waals surface area contributed by atoms with Crippen LogP contribution in [-0.4, -0.2) is 77.7 Å². The van der Waals surface area contributed by atoms with Crippen molar-refractivity contribution in [1.29, 1.82) is 0 Å². The minimum atomic E-state index is -1.42. The number of aryl methyl sites for hydroxylation is 1. The van der Waals surface area contributed by atoms with E-state index in [9.17, 15) is 29.1 Å². The second-order valence-corrected chi connectivity index (χ2v) is 13.9. The molecule has 0 saturated carbocycles. The van der Waals surface area contributed by atoms with Crippen LogP contribution < -0.4 is 11.1 Å². The van der Waals surface area contributed by atoms with Crippen molar-refractivity contribution in [2.45, 2.75) is 28.7 Å². The summed E-state index contributed by atoms with van der Waals surface area (Å²) >= 11 is 6.30. The van der Waals surface area contributed by atoms with Crippen molar-refractivity contribution in [1.82, 2.24) is 25.3 Å². The van der Waals surface area contributed by atoms with E-state index in [0.29, 0.717) is 31.2 Å². The van der Waals surface area contributed by atoms with E-state index in [1.165, 1.54) is 45.8 Å². The lowest BCUT2D eigenvalue weighted by molar-refractivity contribution is -0.151. The molecule has 17 heteroatoms. The van der Waals surface area contributed by atoms with E-state index < -0.39 is 47.2 Å². The second-order valence-electron chi connectivity index (χ2n) is 8.44. The van der Waals surface area contributed by atoms with Crippen LogP contribution in [0.25, 0.3) is 0 Å². The Bertz CT molecular complexity index is 1500. The highest BCUT2D eigenvalue weighted by Gasteiger charge is 2.55. The lowest BCUT2D eigenvalue weighted by Crippen LogP contribution is -2.71. The van der Waals surface area contributed by atoms with Crippen molar-refractivity contribution >= 4 is 87.3 Å². The molecule has 40 heavy (non-hydrogen) atoms. The zero-order valence-electron chi connectivity index (χ0n) is 20.5. The molecule has 0 aromatic carbocycles. The highest BCUT2D eigenvalue weighted by molar-refractivity contribution is 8.01. The summed E-state index contributed by atoms with van der Waals surface area (Å²) in [5.41, 5.74) is 6.01. The SMILES string of the molecule is Cc1nnc(SCC2=C(C(=O)O)N3C(=O)C(NC(=O)C(c4cccs4)N(C(N)=O)C(=O)c4cccs4)[C@@H]3SC2)s1. The smallest absolute Gasteiger partial charge is 0.352 e. The maximum atomic E-state index is 13.6. The summed E-state index contributed by atoms with van der Waals surface area (Å²) in [7, 11) is 0. The maximum Gasteiger partial charge on any atom is 0.352 e. The summed E-state index contributed by atoms with van der Waals surface area (Å²) in [6.07, 6.45) is 0. The van der Waals surface area contributed by atoms with Crippen LogP contribution >= 0.6 is 57.5 Å². The molecule has 2 aliphatic heterocycles.